The van der Waals surface area contributed by atoms with Crippen LogP contribution < -0.4 is 9.80 Å². The summed E-state index contributed by atoms with van der Waals surface area (Å²) in [7, 11) is 1.47. The molecule has 1 aliphatic carbocycles. The molecule has 1 saturated carbocycles. The highest BCUT2D eigenvalue weighted by atomic mass is 16.6. The van der Waals surface area contributed by atoms with E-state index in [4.69, 9.17) is 14.2 Å². The Kier molecular flexibility index (Phi) is 12.6. The van der Waals surface area contributed by atoms with E-state index < -0.39 is 65.0 Å². The number of imide groups is 1. The lowest BCUT2D eigenvalue weighted by atomic mass is 9.64. The molecule has 354 valence electrons. The second kappa shape index (κ2) is 19.1. The van der Waals surface area contributed by atoms with Crippen molar-refractivity contribution < 1.29 is 43.6 Å². The number of ether oxygens (including phenoxy) is 3. The first-order valence-corrected chi connectivity index (χ1v) is 23.7. The summed E-state index contributed by atoms with van der Waals surface area (Å²) in [5.74, 6) is 3.40. The summed E-state index contributed by atoms with van der Waals surface area (Å²) in [5.41, 5.74) is -0.428. The topological polar surface area (TPSA) is 175 Å². The van der Waals surface area contributed by atoms with Crippen LogP contribution in [0.4, 0.5) is 16.4 Å². The van der Waals surface area contributed by atoms with Crippen LogP contribution in [0.5, 0.6) is 5.75 Å². The zero-order valence-corrected chi connectivity index (χ0v) is 38.4. The van der Waals surface area contributed by atoms with Gasteiger partial charge in [0.1, 0.15) is 35.5 Å². The third-order valence-electron chi connectivity index (χ3n) is 14.4. The maximum atomic E-state index is 16.5. The van der Waals surface area contributed by atoms with Crippen molar-refractivity contribution in [2.45, 2.75) is 73.8 Å². The maximum absolute atomic E-state index is 16.5. The number of morpholine rings is 1. The Morgan fingerprint density at radius 3 is 2.12 bits per heavy atom. The molecule has 15 heteroatoms. The first-order valence-electron chi connectivity index (χ1n) is 23.7. The molecule has 10 rings (SSSR count). The number of methoxy groups -OCH3 is 1. The molecule has 6 atom stereocenters. The number of anilines is 2. The minimum Gasteiger partial charge on any atom is -0.508 e. The van der Waals surface area contributed by atoms with Gasteiger partial charge in [-0.1, -0.05) is 97.5 Å². The lowest BCUT2D eigenvalue weighted by molar-refractivity contribution is -0.179. The van der Waals surface area contributed by atoms with Crippen LogP contribution in [0.1, 0.15) is 84.5 Å². The van der Waals surface area contributed by atoms with Crippen molar-refractivity contribution in [3.05, 3.63) is 149 Å². The Hall–Kier alpha value is -7.12. The van der Waals surface area contributed by atoms with Gasteiger partial charge in [0.15, 0.2) is 0 Å². The normalized spacial score (nSPS) is 25.2. The molecule has 4 fully saturated rings. The molecule has 5 aromatic rings. The van der Waals surface area contributed by atoms with Crippen molar-refractivity contribution in [2.24, 2.45) is 5.92 Å². The predicted molar refractivity (Wildman–Crippen MR) is 254 cm³/mol. The van der Waals surface area contributed by atoms with Crippen molar-refractivity contribution in [2.75, 3.05) is 56.3 Å². The molecular weight excluding hydrogens is 877 g/mol. The summed E-state index contributed by atoms with van der Waals surface area (Å²) in [6, 6.07) is 28.8. The van der Waals surface area contributed by atoms with E-state index in [1.807, 2.05) is 70.5 Å². The fourth-order valence-electron chi connectivity index (χ4n) is 11.3. The summed E-state index contributed by atoms with van der Waals surface area (Å²) in [5, 5.41) is 22.5. The number of esters is 1. The van der Waals surface area contributed by atoms with Crippen LogP contribution in [0.15, 0.2) is 122 Å². The van der Waals surface area contributed by atoms with Gasteiger partial charge in [-0.25, -0.2) is 19.7 Å². The molecule has 0 radical (unpaired) electrons. The molecule has 2 N–H and O–H groups in total. The molecule has 4 aliphatic heterocycles. The zero-order valence-electron chi connectivity index (χ0n) is 38.4. The number of carbonyl (C=O) groups is 4. The number of piperazine rings is 1. The SMILES string of the molecule is COCCOC(=O)N1C(=O)[C@@]2(c3cc(C#CC4(O)CCCCCC4)ccc31)[C@H](C(=O)N1CCN(c3ncccn3)CC1)[C@H]1C(=O)O[C@H](c3ccccc3)[C@H](c3ccccc3)N1[C@@H]2c1ccc(O)cc1. The molecule has 5 aliphatic rings. The number of carbonyl (C=O) groups excluding carboxylic acids is 4. The summed E-state index contributed by atoms with van der Waals surface area (Å²) in [6.45, 7) is 1.03. The summed E-state index contributed by atoms with van der Waals surface area (Å²) >= 11 is 0. The number of aliphatic hydroxyl groups is 1. The number of amides is 3. The van der Waals surface area contributed by atoms with E-state index in [9.17, 15) is 15.0 Å². The fourth-order valence-corrected chi connectivity index (χ4v) is 11.3. The lowest BCUT2D eigenvalue weighted by Gasteiger charge is -2.46. The fraction of sp³-hybridized carbons (Fsp3) is 0.370. The summed E-state index contributed by atoms with van der Waals surface area (Å²) in [6.07, 6.45) is 6.11. The second-order valence-corrected chi connectivity index (χ2v) is 18.4. The highest BCUT2D eigenvalue weighted by Crippen LogP contribution is 2.66. The van der Waals surface area contributed by atoms with Gasteiger partial charge in [0.2, 0.25) is 17.8 Å². The van der Waals surface area contributed by atoms with Gasteiger partial charge in [-0.15, -0.1) is 0 Å². The molecule has 69 heavy (non-hydrogen) atoms. The number of rotatable bonds is 8. The number of aromatic hydroxyl groups is 1. The number of phenolic OH excluding ortho intramolecular Hbond substituents is 1. The number of hydrogen-bond donors (Lipinski definition) is 2. The lowest BCUT2D eigenvalue weighted by Crippen LogP contribution is -2.59. The number of aromatic nitrogens is 2. The Morgan fingerprint density at radius 1 is 0.783 bits per heavy atom. The molecule has 3 amide bonds. The number of phenols is 1. The minimum absolute atomic E-state index is 0.0365. The van der Waals surface area contributed by atoms with E-state index in [1.54, 1.807) is 53.7 Å². The minimum atomic E-state index is -2.04. The van der Waals surface area contributed by atoms with Crippen LogP contribution in [0.2, 0.25) is 0 Å². The smallest absolute Gasteiger partial charge is 0.421 e. The van der Waals surface area contributed by atoms with E-state index in [0.717, 1.165) is 36.1 Å². The molecule has 1 spiro atoms. The quantitative estimate of drug-likeness (QED) is 0.0756. The average Bonchev–Trinajstić information content (AvgIpc) is 3.72. The Labute approximate surface area is 400 Å². The van der Waals surface area contributed by atoms with Crippen LogP contribution in [0.3, 0.4) is 0 Å². The molecule has 4 aromatic carbocycles. The highest BCUT2D eigenvalue weighted by molar-refractivity contribution is 6.23. The van der Waals surface area contributed by atoms with Crippen LogP contribution in [-0.4, -0.2) is 112 Å². The van der Waals surface area contributed by atoms with Crippen molar-refractivity contribution in [3.8, 4) is 17.6 Å². The van der Waals surface area contributed by atoms with E-state index >= 15 is 14.4 Å². The molecule has 0 bridgehead atoms. The van der Waals surface area contributed by atoms with Crippen LogP contribution >= 0.6 is 0 Å². The maximum Gasteiger partial charge on any atom is 0.421 e. The molecular formula is C54H54N6O9. The van der Waals surface area contributed by atoms with Gasteiger partial charge in [-0.3, -0.25) is 19.3 Å². The Morgan fingerprint density at radius 2 is 1.45 bits per heavy atom. The first kappa shape index (κ1) is 45.7. The van der Waals surface area contributed by atoms with E-state index in [0.29, 0.717) is 48.6 Å². The number of hydrogen-bond acceptors (Lipinski definition) is 13. The van der Waals surface area contributed by atoms with Crippen LogP contribution in [0.25, 0.3) is 0 Å². The van der Waals surface area contributed by atoms with Gasteiger partial charge in [0.05, 0.1) is 30.3 Å². The van der Waals surface area contributed by atoms with E-state index in [2.05, 4.69) is 21.8 Å². The van der Waals surface area contributed by atoms with Gasteiger partial charge in [0.25, 0.3) is 0 Å². The average molecular weight is 931 g/mol. The van der Waals surface area contributed by atoms with Crippen LogP contribution in [-0.2, 0) is 34.0 Å². The monoisotopic (exact) mass is 930 g/mol. The number of fused-ring (bicyclic) bond motifs is 3. The Balaban J connectivity index is 1.23. The van der Waals surface area contributed by atoms with Gasteiger partial charge < -0.3 is 34.2 Å². The third kappa shape index (κ3) is 8.26. The van der Waals surface area contributed by atoms with Gasteiger partial charge in [-0.05, 0) is 84.3 Å². The second-order valence-electron chi connectivity index (χ2n) is 18.4. The Bertz CT molecular complexity index is 2750. The van der Waals surface area contributed by atoms with Crippen molar-refractivity contribution in [1.29, 1.82) is 0 Å². The molecule has 3 saturated heterocycles. The highest BCUT2D eigenvalue weighted by Gasteiger charge is 2.76. The van der Waals surface area contributed by atoms with E-state index in [1.165, 1.54) is 19.2 Å². The van der Waals surface area contributed by atoms with Gasteiger partial charge in [0, 0.05) is 51.2 Å². The summed E-state index contributed by atoms with van der Waals surface area (Å²) in [4.78, 5) is 78.2. The number of nitrogens with zero attached hydrogens (tertiary/aromatic N) is 6. The molecule has 15 nitrogen and oxygen atoms in total. The zero-order chi connectivity index (χ0) is 47.7. The molecule has 5 heterocycles. The number of cyclic esters (lactones) is 1. The van der Waals surface area contributed by atoms with Crippen molar-refractivity contribution in [3.63, 3.8) is 0 Å². The summed E-state index contributed by atoms with van der Waals surface area (Å²) < 4.78 is 17.6. The first-order chi connectivity index (χ1) is 33.6. The standard InChI is InChI=1S/C54H54N6O9/c1-67-33-34-68-52(65)59-42-22-17-36(23-26-53(66)24-10-2-3-11-25-53)35-41(42)54(50(59)64)43(48(62)57-29-31-58(32-30-57)51-55-27-12-28-56-51)45-49(63)69-46(38-15-8-5-9-16-38)44(37-13-6-4-7-14-37)60(45)47(54)39-18-20-40(61)21-19-39/h4-9,12-22,27-28,35,43-47,61,66H,2-3,10-11,24-25,29-34H2,1H3/t43-,44-,45-,46+,47+,54-/m0/s1. The van der Waals surface area contributed by atoms with Crippen molar-refractivity contribution in [1.82, 2.24) is 19.8 Å². The van der Waals surface area contributed by atoms with Crippen molar-refractivity contribution >= 4 is 35.5 Å². The van der Waals surface area contributed by atoms with Gasteiger partial charge >= 0.3 is 12.1 Å². The third-order valence-corrected chi connectivity index (χ3v) is 14.4. The van der Waals surface area contributed by atoms with E-state index in [-0.39, 0.29) is 43.3 Å². The predicted octanol–water partition coefficient (Wildman–Crippen LogP) is 6.42. The van der Waals surface area contributed by atoms with Gasteiger partial charge in [-0.2, -0.15) is 0 Å². The number of benzene rings is 4. The van der Waals surface area contributed by atoms with Crippen LogP contribution in [0, 0.1) is 17.8 Å². The largest absolute Gasteiger partial charge is 0.508 e. The molecule has 1 aromatic heterocycles. The molecule has 0 unspecified atom stereocenters.